The molecule has 5 heteroatoms. The molecule has 0 bridgehead atoms. The molecule has 2 atom stereocenters. The lowest BCUT2D eigenvalue weighted by atomic mass is 9.97. The Morgan fingerprint density at radius 1 is 1.08 bits per heavy atom. The number of ketones is 1. The van der Waals surface area contributed by atoms with E-state index in [-0.39, 0.29) is 29.0 Å². The van der Waals surface area contributed by atoms with Crippen molar-refractivity contribution in [3.05, 3.63) is 35.4 Å². The van der Waals surface area contributed by atoms with Gasteiger partial charge in [-0.2, -0.15) is 0 Å². The summed E-state index contributed by atoms with van der Waals surface area (Å²) in [7, 11) is 1.29. The van der Waals surface area contributed by atoms with Crippen molar-refractivity contribution >= 4 is 28.6 Å². The van der Waals surface area contributed by atoms with Gasteiger partial charge in [-0.1, -0.05) is 56.8 Å². The molecular formula is C20H28O4S. The van der Waals surface area contributed by atoms with Crippen molar-refractivity contribution in [1.29, 1.82) is 0 Å². The minimum atomic E-state index is -0.572. The average Bonchev–Trinajstić information content (AvgIpc) is 2.56. The third-order valence-corrected chi connectivity index (χ3v) is 5.18. The maximum absolute atomic E-state index is 12.4. The first-order chi connectivity index (χ1) is 11.7. The summed E-state index contributed by atoms with van der Waals surface area (Å²) < 4.78 is 4.72. The van der Waals surface area contributed by atoms with Crippen LogP contribution >= 0.6 is 11.8 Å². The first-order valence-corrected chi connectivity index (χ1v) is 9.55. The molecule has 0 saturated carbocycles. The minimum absolute atomic E-state index is 0.00550. The van der Waals surface area contributed by atoms with Crippen LogP contribution in [0.4, 0.5) is 0 Å². The molecule has 0 N–H and O–H groups in total. The van der Waals surface area contributed by atoms with Crippen LogP contribution in [0.15, 0.2) is 24.3 Å². The fraction of sp³-hybridized carbons (Fsp3) is 0.550. The molecule has 0 aliphatic rings. The highest BCUT2D eigenvalue weighted by Gasteiger charge is 2.24. The fourth-order valence-electron chi connectivity index (χ4n) is 2.58. The highest BCUT2D eigenvalue weighted by Crippen LogP contribution is 2.25. The molecule has 25 heavy (non-hydrogen) atoms. The molecule has 0 aliphatic heterocycles. The number of rotatable bonds is 9. The number of hydrogen-bond acceptors (Lipinski definition) is 5. The number of methoxy groups -OCH3 is 1. The van der Waals surface area contributed by atoms with E-state index in [0.717, 1.165) is 23.7 Å². The summed E-state index contributed by atoms with van der Waals surface area (Å²) in [5.74, 6) is -0.498. The van der Waals surface area contributed by atoms with E-state index < -0.39 is 11.9 Å². The van der Waals surface area contributed by atoms with E-state index >= 15 is 0 Å². The van der Waals surface area contributed by atoms with Crippen LogP contribution < -0.4 is 0 Å². The molecule has 0 aromatic heterocycles. The fourth-order valence-corrected chi connectivity index (χ4v) is 3.59. The molecular weight excluding hydrogens is 336 g/mol. The standard InChI is InChI=1S/C20H28O4S/c1-13(2)10-16-6-8-17(9-7-16)15(4)20(23)25-12-18(11-14(3)21)19(22)24-5/h6-9,13,15,18H,10-12H2,1-5H3. The number of Topliss-reactive ketones (excluding diaryl/α,β-unsaturated/α-hetero) is 1. The van der Waals surface area contributed by atoms with Crippen molar-refractivity contribution in [3.63, 3.8) is 0 Å². The van der Waals surface area contributed by atoms with Gasteiger partial charge in [0.2, 0.25) is 0 Å². The highest BCUT2D eigenvalue weighted by atomic mass is 32.2. The number of carbonyl (C=O) groups excluding carboxylic acids is 3. The summed E-state index contributed by atoms with van der Waals surface area (Å²) in [6, 6.07) is 8.12. The van der Waals surface area contributed by atoms with Crippen molar-refractivity contribution in [2.75, 3.05) is 12.9 Å². The third-order valence-electron chi connectivity index (χ3n) is 3.97. The number of esters is 1. The van der Waals surface area contributed by atoms with E-state index in [1.165, 1.54) is 19.6 Å². The van der Waals surface area contributed by atoms with Gasteiger partial charge in [0.1, 0.15) is 5.78 Å². The highest BCUT2D eigenvalue weighted by molar-refractivity contribution is 8.13. The third kappa shape index (κ3) is 7.43. The summed E-state index contributed by atoms with van der Waals surface area (Å²) >= 11 is 1.10. The van der Waals surface area contributed by atoms with Gasteiger partial charge in [-0.3, -0.25) is 9.59 Å². The molecule has 0 fully saturated rings. The van der Waals surface area contributed by atoms with Gasteiger partial charge in [0.15, 0.2) is 5.12 Å². The van der Waals surface area contributed by atoms with Crippen molar-refractivity contribution in [3.8, 4) is 0 Å². The number of carbonyl (C=O) groups is 3. The maximum atomic E-state index is 12.4. The number of benzene rings is 1. The van der Waals surface area contributed by atoms with E-state index in [9.17, 15) is 14.4 Å². The smallest absolute Gasteiger partial charge is 0.309 e. The van der Waals surface area contributed by atoms with Gasteiger partial charge in [0.05, 0.1) is 18.9 Å². The Kier molecular flexibility index (Phi) is 8.90. The van der Waals surface area contributed by atoms with Crippen molar-refractivity contribution in [1.82, 2.24) is 0 Å². The largest absolute Gasteiger partial charge is 0.469 e. The average molecular weight is 365 g/mol. The second-order valence-corrected chi connectivity index (χ2v) is 7.84. The zero-order valence-electron chi connectivity index (χ0n) is 15.7. The minimum Gasteiger partial charge on any atom is -0.469 e. The van der Waals surface area contributed by atoms with Crippen LogP contribution in [0.25, 0.3) is 0 Å². The van der Waals surface area contributed by atoms with Gasteiger partial charge >= 0.3 is 5.97 Å². The molecule has 4 nitrogen and oxygen atoms in total. The van der Waals surface area contributed by atoms with Gasteiger partial charge in [0.25, 0.3) is 0 Å². The number of thioether (sulfide) groups is 1. The summed E-state index contributed by atoms with van der Waals surface area (Å²) in [6.45, 7) is 7.65. The maximum Gasteiger partial charge on any atom is 0.309 e. The Morgan fingerprint density at radius 2 is 1.68 bits per heavy atom. The summed E-state index contributed by atoms with van der Waals surface area (Å²) in [5, 5.41) is -0.00550. The van der Waals surface area contributed by atoms with Gasteiger partial charge in [0, 0.05) is 12.2 Å². The van der Waals surface area contributed by atoms with E-state index in [2.05, 4.69) is 26.0 Å². The molecule has 138 valence electrons. The molecule has 0 amide bonds. The lowest BCUT2D eigenvalue weighted by molar-refractivity contribution is -0.146. The number of hydrogen-bond donors (Lipinski definition) is 0. The van der Waals surface area contributed by atoms with E-state index in [4.69, 9.17) is 4.74 Å². The van der Waals surface area contributed by atoms with Crippen molar-refractivity contribution in [2.45, 2.75) is 46.5 Å². The topological polar surface area (TPSA) is 60.4 Å². The predicted octanol–water partition coefficient (Wildman–Crippen LogP) is 4.02. The van der Waals surface area contributed by atoms with Gasteiger partial charge in [-0.05, 0) is 30.4 Å². The van der Waals surface area contributed by atoms with Crippen LogP contribution in [0, 0.1) is 11.8 Å². The molecule has 0 spiro atoms. The molecule has 1 rings (SSSR count). The summed E-state index contributed by atoms with van der Waals surface area (Å²) in [4.78, 5) is 35.4. The Hall–Kier alpha value is -1.62. The molecule has 0 saturated heterocycles. The number of ether oxygens (including phenoxy) is 1. The molecule has 0 heterocycles. The van der Waals surface area contributed by atoms with Crippen molar-refractivity contribution in [2.24, 2.45) is 11.8 Å². The Balaban J connectivity index is 2.65. The normalized spacial score (nSPS) is 13.4. The second kappa shape index (κ2) is 10.4. The first-order valence-electron chi connectivity index (χ1n) is 8.57. The van der Waals surface area contributed by atoms with Crippen LogP contribution in [-0.4, -0.2) is 29.7 Å². The van der Waals surface area contributed by atoms with Crippen molar-refractivity contribution < 1.29 is 19.1 Å². The monoisotopic (exact) mass is 364 g/mol. The molecule has 1 aromatic carbocycles. The van der Waals surface area contributed by atoms with Gasteiger partial charge < -0.3 is 9.53 Å². The quantitative estimate of drug-likeness (QED) is 0.620. The second-order valence-electron chi connectivity index (χ2n) is 6.82. The van der Waals surface area contributed by atoms with E-state index in [0.29, 0.717) is 5.92 Å². The molecule has 2 unspecified atom stereocenters. The zero-order valence-corrected chi connectivity index (χ0v) is 16.5. The lowest BCUT2D eigenvalue weighted by Gasteiger charge is -2.15. The molecule has 0 aliphatic carbocycles. The SMILES string of the molecule is COC(=O)C(CSC(=O)C(C)c1ccc(CC(C)C)cc1)CC(C)=O. The zero-order chi connectivity index (χ0) is 19.0. The van der Waals surface area contributed by atoms with Crippen LogP contribution in [-0.2, 0) is 25.5 Å². The van der Waals surface area contributed by atoms with Crippen LogP contribution in [0.5, 0.6) is 0 Å². The van der Waals surface area contributed by atoms with Crippen LogP contribution in [0.3, 0.4) is 0 Å². The molecule has 1 aromatic rings. The van der Waals surface area contributed by atoms with Crippen LogP contribution in [0.1, 0.15) is 51.2 Å². The summed E-state index contributed by atoms with van der Waals surface area (Å²) in [5.41, 5.74) is 2.23. The van der Waals surface area contributed by atoms with E-state index in [1.54, 1.807) is 0 Å². The first kappa shape index (κ1) is 21.4. The molecule has 0 radical (unpaired) electrons. The van der Waals surface area contributed by atoms with Crippen LogP contribution in [0.2, 0.25) is 0 Å². The Labute approximate surface area is 154 Å². The predicted molar refractivity (Wildman–Crippen MR) is 102 cm³/mol. The summed E-state index contributed by atoms with van der Waals surface area (Å²) in [6.07, 6.45) is 1.12. The van der Waals surface area contributed by atoms with Gasteiger partial charge in [-0.25, -0.2) is 0 Å². The van der Waals surface area contributed by atoms with E-state index in [1.807, 2.05) is 19.1 Å². The Bertz CT molecular complexity index is 592. The lowest BCUT2D eigenvalue weighted by Crippen LogP contribution is -2.22. The van der Waals surface area contributed by atoms with Gasteiger partial charge in [-0.15, -0.1) is 0 Å². The Morgan fingerprint density at radius 3 is 2.16 bits per heavy atom.